The largest absolute Gasteiger partial charge is 0.573 e. The van der Waals surface area contributed by atoms with Crippen molar-refractivity contribution in [2.24, 2.45) is 0 Å². The molecule has 0 fully saturated rings. The Bertz CT molecular complexity index is 485. The second-order valence-corrected chi connectivity index (χ2v) is 3.63. The van der Waals surface area contributed by atoms with Crippen molar-refractivity contribution in [2.75, 3.05) is 7.11 Å². The summed E-state index contributed by atoms with van der Waals surface area (Å²) in [6, 6.07) is 0.718. The summed E-state index contributed by atoms with van der Waals surface area (Å²) in [7, 11) is 1.10. The number of halogens is 4. The third-order valence-corrected chi connectivity index (χ3v) is 2.55. The van der Waals surface area contributed by atoms with Gasteiger partial charge in [-0.2, -0.15) is 0 Å². The lowest BCUT2D eigenvalue weighted by molar-refractivity contribution is -0.275. The molecule has 0 bridgehead atoms. The van der Waals surface area contributed by atoms with E-state index in [4.69, 9.17) is 16.7 Å². The lowest BCUT2D eigenvalue weighted by Gasteiger charge is -2.16. The van der Waals surface area contributed by atoms with Gasteiger partial charge in [0.25, 0.3) is 0 Å². The van der Waals surface area contributed by atoms with E-state index in [0.717, 1.165) is 13.2 Å². The molecule has 0 atom stereocenters. The Morgan fingerprint density at radius 3 is 2.39 bits per heavy atom. The maximum atomic E-state index is 12.2. The topological polar surface area (TPSA) is 55.8 Å². The van der Waals surface area contributed by atoms with Crippen LogP contribution >= 0.6 is 11.6 Å². The van der Waals surface area contributed by atoms with E-state index in [1.54, 1.807) is 0 Å². The third-order valence-electron chi connectivity index (χ3n) is 2.09. The first-order valence-electron chi connectivity index (χ1n) is 4.53. The first-order valence-corrected chi connectivity index (χ1v) is 4.91. The van der Waals surface area contributed by atoms with Gasteiger partial charge in [0.05, 0.1) is 17.7 Å². The molecule has 0 aliphatic carbocycles. The maximum absolute atomic E-state index is 12.2. The highest BCUT2D eigenvalue weighted by atomic mass is 35.5. The molecular formula is C10H8ClF3O4. The predicted molar refractivity (Wildman–Crippen MR) is 56.4 cm³/mol. The SMILES string of the molecule is COc1c(OC(F)(F)F)cc(C(=O)O)c(C)c1Cl. The van der Waals surface area contributed by atoms with Gasteiger partial charge >= 0.3 is 12.3 Å². The van der Waals surface area contributed by atoms with Crippen LogP contribution in [0.15, 0.2) is 6.07 Å². The van der Waals surface area contributed by atoms with Crippen molar-refractivity contribution in [1.29, 1.82) is 0 Å². The summed E-state index contributed by atoms with van der Waals surface area (Å²) in [5.74, 6) is -2.57. The molecule has 1 aromatic rings. The van der Waals surface area contributed by atoms with Crippen molar-refractivity contribution in [3.63, 3.8) is 0 Å². The number of carbonyl (C=O) groups is 1. The van der Waals surface area contributed by atoms with Crippen molar-refractivity contribution >= 4 is 17.6 Å². The van der Waals surface area contributed by atoms with E-state index in [1.165, 1.54) is 6.92 Å². The van der Waals surface area contributed by atoms with Gasteiger partial charge in [-0.15, -0.1) is 13.2 Å². The van der Waals surface area contributed by atoms with Gasteiger partial charge in [0, 0.05) is 0 Å². The zero-order valence-electron chi connectivity index (χ0n) is 9.26. The number of alkyl halides is 3. The van der Waals surface area contributed by atoms with Gasteiger partial charge in [0.15, 0.2) is 11.5 Å². The molecule has 0 saturated heterocycles. The summed E-state index contributed by atoms with van der Waals surface area (Å²) in [5, 5.41) is 8.60. The highest BCUT2D eigenvalue weighted by molar-refractivity contribution is 6.33. The smallest absolute Gasteiger partial charge is 0.491 e. The van der Waals surface area contributed by atoms with Gasteiger partial charge in [-0.3, -0.25) is 0 Å². The van der Waals surface area contributed by atoms with Crippen LogP contribution in [0.2, 0.25) is 5.02 Å². The van der Waals surface area contributed by atoms with E-state index >= 15 is 0 Å². The lowest BCUT2D eigenvalue weighted by Crippen LogP contribution is -2.18. The average molecular weight is 285 g/mol. The summed E-state index contributed by atoms with van der Waals surface area (Å²) in [5.41, 5.74) is -0.296. The van der Waals surface area contributed by atoms with Crippen molar-refractivity contribution in [3.05, 3.63) is 22.2 Å². The Kier molecular flexibility index (Phi) is 3.95. The Hall–Kier alpha value is -1.63. The van der Waals surface area contributed by atoms with Crippen molar-refractivity contribution < 1.29 is 32.5 Å². The first kappa shape index (κ1) is 14.4. The maximum Gasteiger partial charge on any atom is 0.573 e. The second kappa shape index (κ2) is 4.93. The first-order chi connectivity index (χ1) is 8.17. The summed E-state index contributed by atoms with van der Waals surface area (Å²) < 4.78 is 44.8. The molecule has 100 valence electrons. The Morgan fingerprint density at radius 1 is 1.44 bits per heavy atom. The Morgan fingerprint density at radius 2 is 2.00 bits per heavy atom. The molecule has 0 unspecified atom stereocenters. The van der Waals surface area contributed by atoms with E-state index in [1.807, 2.05) is 0 Å². The second-order valence-electron chi connectivity index (χ2n) is 3.25. The van der Waals surface area contributed by atoms with E-state index in [9.17, 15) is 18.0 Å². The fourth-order valence-electron chi connectivity index (χ4n) is 1.31. The minimum absolute atomic E-state index is 0.0931. The third kappa shape index (κ3) is 2.98. The number of hydrogen-bond donors (Lipinski definition) is 1. The van der Waals surface area contributed by atoms with Crippen molar-refractivity contribution in [3.8, 4) is 11.5 Å². The van der Waals surface area contributed by atoms with E-state index in [0.29, 0.717) is 0 Å². The van der Waals surface area contributed by atoms with Crippen LogP contribution in [0.1, 0.15) is 15.9 Å². The molecule has 1 aromatic carbocycles. The Balaban J connectivity index is 3.44. The summed E-state index contributed by atoms with van der Waals surface area (Å²) in [6.45, 7) is 1.35. The number of carboxylic acids is 1. The molecule has 0 aromatic heterocycles. The molecule has 0 radical (unpaired) electrons. The van der Waals surface area contributed by atoms with Gasteiger partial charge in [0.1, 0.15) is 0 Å². The fourth-order valence-corrected chi connectivity index (χ4v) is 1.59. The minimum atomic E-state index is -4.97. The summed E-state index contributed by atoms with van der Waals surface area (Å²) >= 11 is 5.74. The van der Waals surface area contributed by atoms with Crippen LogP contribution in [-0.4, -0.2) is 24.5 Å². The molecule has 0 amide bonds. The zero-order valence-corrected chi connectivity index (χ0v) is 10.0. The molecule has 0 saturated carbocycles. The van der Waals surface area contributed by atoms with Gasteiger partial charge in [-0.1, -0.05) is 11.6 Å². The number of carboxylic acid groups (broad SMARTS) is 1. The Labute approximate surface area is 105 Å². The zero-order chi connectivity index (χ0) is 14.1. The van der Waals surface area contributed by atoms with Gasteiger partial charge in [-0.25, -0.2) is 4.79 Å². The number of rotatable bonds is 3. The van der Waals surface area contributed by atoms with Crippen LogP contribution in [-0.2, 0) is 0 Å². The number of hydrogen-bond acceptors (Lipinski definition) is 3. The molecule has 0 spiro atoms. The van der Waals surface area contributed by atoms with Crippen LogP contribution in [0.3, 0.4) is 0 Å². The summed E-state index contributed by atoms with van der Waals surface area (Å²) in [4.78, 5) is 10.9. The quantitative estimate of drug-likeness (QED) is 0.925. The molecule has 8 heteroatoms. The fraction of sp³-hybridized carbons (Fsp3) is 0.300. The average Bonchev–Trinajstić information content (AvgIpc) is 2.21. The number of aromatic carboxylic acids is 1. The number of methoxy groups -OCH3 is 1. The standard InChI is InChI=1S/C10H8ClF3O4/c1-4-5(9(15)16)3-6(18-10(12,13)14)8(17-2)7(4)11/h3H,1-2H3,(H,15,16). The highest BCUT2D eigenvalue weighted by Gasteiger charge is 2.34. The van der Waals surface area contributed by atoms with E-state index in [2.05, 4.69) is 9.47 Å². The van der Waals surface area contributed by atoms with Gasteiger partial charge in [0.2, 0.25) is 0 Å². The predicted octanol–water partition coefficient (Wildman–Crippen LogP) is 3.25. The van der Waals surface area contributed by atoms with Gasteiger partial charge in [-0.05, 0) is 18.6 Å². The number of benzene rings is 1. The molecule has 1 N–H and O–H groups in total. The summed E-state index contributed by atoms with van der Waals surface area (Å²) in [6.07, 6.45) is -4.97. The minimum Gasteiger partial charge on any atom is -0.491 e. The molecule has 0 heterocycles. The van der Waals surface area contributed by atoms with Crippen molar-refractivity contribution in [1.82, 2.24) is 0 Å². The lowest BCUT2D eigenvalue weighted by atomic mass is 10.1. The monoisotopic (exact) mass is 284 g/mol. The van der Waals surface area contributed by atoms with Gasteiger partial charge < -0.3 is 14.6 Å². The van der Waals surface area contributed by atoms with Crippen LogP contribution in [0.25, 0.3) is 0 Å². The van der Waals surface area contributed by atoms with Crippen LogP contribution in [0, 0.1) is 6.92 Å². The highest BCUT2D eigenvalue weighted by Crippen LogP contribution is 2.41. The molecule has 0 aliphatic rings. The normalized spacial score (nSPS) is 11.2. The number of ether oxygens (including phenoxy) is 2. The van der Waals surface area contributed by atoms with Crippen LogP contribution < -0.4 is 9.47 Å². The molecule has 4 nitrogen and oxygen atoms in total. The molecular weight excluding hydrogens is 277 g/mol. The molecule has 18 heavy (non-hydrogen) atoms. The van der Waals surface area contributed by atoms with Crippen LogP contribution in [0.5, 0.6) is 11.5 Å². The molecule has 0 aliphatic heterocycles. The van der Waals surface area contributed by atoms with Crippen LogP contribution in [0.4, 0.5) is 13.2 Å². The van der Waals surface area contributed by atoms with Crippen molar-refractivity contribution in [2.45, 2.75) is 13.3 Å². The van der Waals surface area contributed by atoms with E-state index in [-0.39, 0.29) is 21.9 Å². The molecule has 1 rings (SSSR count). The van der Waals surface area contributed by atoms with E-state index < -0.39 is 18.1 Å².